The van der Waals surface area contributed by atoms with Crippen molar-refractivity contribution in [1.82, 2.24) is 0 Å². The van der Waals surface area contributed by atoms with Gasteiger partial charge >= 0.3 is 6.11 Å². The number of benzene rings is 4. The van der Waals surface area contributed by atoms with Gasteiger partial charge in [0, 0.05) is 23.3 Å². The van der Waals surface area contributed by atoms with Crippen LogP contribution in [0.15, 0.2) is 66.7 Å². The van der Waals surface area contributed by atoms with Gasteiger partial charge in [-0.1, -0.05) is 49.4 Å². The molecule has 0 heterocycles. The van der Waals surface area contributed by atoms with E-state index in [0.717, 1.165) is 18.1 Å². The van der Waals surface area contributed by atoms with Gasteiger partial charge in [-0.2, -0.15) is 8.78 Å². The van der Waals surface area contributed by atoms with E-state index in [1.807, 2.05) is 19.1 Å². The minimum atomic E-state index is -4.62. The zero-order valence-electron chi connectivity index (χ0n) is 18.4. The molecule has 0 amide bonds. The largest absolute Gasteiger partial charge is 0.432 e. The Bertz CT molecular complexity index is 1370. The quantitative estimate of drug-likeness (QED) is 0.245. The third-order valence-corrected chi connectivity index (χ3v) is 5.50. The molecule has 36 heavy (non-hydrogen) atoms. The van der Waals surface area contributed by atoms with E-state index in [4.69, 9.17) is 0 Å². The van der Waals surface area contributed by atoms with E-state index >= 15 is 0 Å². The van der Waals surface area contributed by atoms with Crippen LogP contribution in [0.1, 0.15) is 24.1 Å². The Hall–Kier alpha value is -3.81. The maximum Gasteiger partial charge on any atom is 0.432 e. The predicted octanol–water partition coefficient (Wildman–Crippen LogP) is 9.10. The average molecular weight is 506 g/mol. The van der Waals surface area contributed by atoms with Crippen LogP contribution in [-0.2, 0) is 6.11 Å². The third-order valence-electron chi connectivity index (χ3n) is 5.50. The summed E-state index contributed by atoms with van der Waals surface area (Å²) < 4.78 is 105. The van der Waals surface area contributed by atoms with Crippen LogP contribution in [-0.4, -0.2) is 0 Å². The molecule has 4 rings (SSSR count). The molecule has 0 N–H and O–H groups in total. The summed E-state index contributed by atoms with van der Waals surface area (Å²) in [4.78, 5) is 0. The number of hydrogen-bond donors (Lipinski definition) is 0. The van der Waals surface area contributed by atoms with Crippen LogP contribution in [0.3, 0.4) is 0 Å². The van der Waals surface area contributed by atoms with Gasteiger partial charge in [0.15, 0.2) is 0 Å². The van der Waals surface area contributed by atoms with Crippen molar-refractivity contribution in [2.24, 2.45) is 0 Å². The highest BCUT2D eigenvalue weighted by Gasteiger charge is 2.41. The number of rotatable bonds is 5. The summed E-state index contributed by atoms with van der Waals surface area (Å²) in [7, 11) is 0. The summed E-state index contributed by atoms with van der Waals surface area (Å²) in [6, 6.07) is 13.3. The van der Waals surface area contributed by atoms with Gasteiger partial charge in [-0.05, 0) is 48.7 Å². The van der Waals surface area contributed by atoms with Crippen molar-refractivity contribution >= 4 is 0 Å². The van der Waals surface area contributed by atoms with Crippen LogP contribution in [0, 0.1) is 42.9 Å². The number of aryl methyl sites for hydroxylation is 1. The van der Waals surface area contributed by atoms with E-state index in [2.05, 4.69) is 4.74 Å². The summed E-state index contributed by atoms with van der Waals surface area (Å²) in [6.07, 6.45) is -4.62. The molecule has 0 atom stereocenters. The predicted molar refractivity (Wildman–Crippen MR) is 124 cm³/mol. The minimum Gasteiger partial charge on any atom is -0.429 e. The molecule has 0 aliphatic rings. The van der Waals surface area contributed by atoms with Gasteiger partial charge in [-0.25, -0.2) is 22.0 Å². The summed E-state index contributed by atoms with van der Waals surface area (Å²) in [6.45, 7) is 2.98. The average Bonchev–Trinajstić information content (AvgIpc) is 2.76. The first kappa shape index (κ1) is 26.8. The van der Waals surface area contributed by atoms with Crippen molar-refractivity contribution in [1.29, 1.82) is 0 Å². The molecule has 0 fully saturated rings. The van der Waals surface area contributed by atoms with Crippen LogP contribution in [0.25, 0.3) is 22.3 Å². The van der Waals surface area contributed by atoms with Crippen LogP contribution in [0.5, 0.6) is 5.75 Å². The highest BCUT2D eigenvalue weighted by atomic mass is 19.3. The standard InChI is InChI=1S/C27H17F7O.CH4/c1-14-3-5-16(6-4-14)17-7-8-20(23(30)9-17)18-10-24(31)26(25(32)11-18)27(33,34)35-19-12-21(28)15(2)22(29)13-19;/h3-13H,1-2H3;1H4. The highest BCUT2D eigenvalue weighted by molar-refractivity contribution is 5.71. The summed E-state index contributed by atoms with van der Waals surface area (Å²) in [5, 5.41) is 0. The Morgan fingerprint density at radius 2 is 1.08 bits per heavy atom. The number of alkyl halides is 2. The van der Waals surface area contributed by atoms with Gasteiger partial charge in [0.05, 0.1) is 0 Å². The van der Waals surface area contributed by atoms with Crippen LogP contribution in [0.2, 0.25) is 0 Å². The molecule has 0 saturated heterocycles. The molecule has 4 aromatic rings. The summed E-state index contributed by atoms with van der Waals surface area (Å²) in [5.74, 6) is -7.56. The zero-order valence-corrected chi connectivity index (χ0v) is 18.4. The number of halogens is 7. The van der Waals surface area contributed by atoms with E-state index in [1.165, 1.54) is 18.2 Å². The van der Waals surface area contributed by atoms with E-state index in [0.29, 0.717) is 29.8 Å². The number of ether oxygens (including phenoxy) is 1. The van der Waals surface area contributed by atoms with Crippen molar-refractivity contribution in [3.63, 3.8) is 0 Å². The van der Waals surface area contributed by atoms with Crippen molar-refractivity contribution < 1.29 is 35.5 Å². The smallest absolute Gasteiger partial charge is 0.429 e. The lowest BCUT2D eigenvalue weighted by molar-refractivity contribution is -0.189. The maximum absolute atomic E-state index is 14.8. The molecule has 0 radical (unpaired) electrons. The summed E-state index contributed by atoms with van der Waals surface area (Å²) in [5.41, 5.74) is -0.500. The highest BCUT2D eigenvalue weighted by Crippen LogP contribution is 2.38. The molecule has 0 aliphatic carbocycles. The Balaban J connectivity index is 0.00000361. The van der Waals surface area contributed by atoms with Gasteiger partial charge in [0.2, 0.25) is 0 Å². The zero-order chi connectivity index (χ0) is 25.5. The lowest BCUT2D eigenvalue weighted by atomic mass is 9.98. The van der Waals surface area contributed by atoms with Crippen LogP contribution < -0.4 is 4.74 Å². The monoisotopic (exact) mass is 506 g/mol. The molecule has 8 heteroatoms. The van der Waals surface area contributed by atoms with Crippen LogP contribution in [0.4, 0.5) is 30.7 Å². The molecule has 0 unspecified atom stereocenters. The van der Waals surface area contributed by atoms with Gasteiger partial charge in [-0.15, -0.1) is 0 Å². The second kappa shape index (κ2) is 10.0. The van der Waals surface area contributed by atoms with Crippen molar-refractivity contribution in [2.45, 2.75) is 27.4 Å². The lowest BCUT2D eigenvalue weighted by Crippen LogP contribution is -2.25. The molecule has 0 spiro atoms. The second-order valence-corrected chi connectivity index (χ2v) is 8.01. The molecule has 0 saturated carbocycles. The fourth-order valence-electron chi connectivity index (χ4n) is 3.56. The van der Waals surface area contributed by atoms with Gasteiger partial charge in [0.1, 0.15) is 40.4 Å². The first-order valence-electron chi connectivity index (χ1n) is 10.3. The SMILES string of the molecule is C.Cc1ccc(-c2ccc(-c3cc(F)c(C(F)(F)Oc4cc(F)c(C)c(F)c4)c(F)c3)c(F)c2)cc1. The molecule has 0 aliphatic heterocycles. The Kier molecular flexibility index (Phi) is 7.48. The van der Waals surface area contributed by atoms with E-state index in [1.54, 1.807) is 12.1 Å². The topological polar surface area (TPSA) is 9.23 Å². The van der Waals surface area contributed by atoms with Crippen molar-refractivity contribution in [3.05, 3.63) is 113 Å². The lowest BCUT2D eigenvalue weighted by Gasteiger charge is -2.20. The Morgan fingerprint density at radius 1 is 0.583 bits per heavy atom. The third kappa shape index (κ3) is 5.22. The second-order valence-electron chi connectivity index (χ2n) is 8.01. The maximum atomic E-state index is 14.8. The normalized spacial score (nSPS) is 11.2. The first-order valence-corrected chi connectivity index (χ1v) is 10.3. The fourth-order valence-corrected chi connectivity index (χ4v) is 3.56. The molecule has 4 aromatic carbocycles. The van der Waals surface area contributed by atoms with Gasteiger partial charge in [-0.3, -0.25) is 0 Å². The minimum absolute atomic E-state index is 0. The molecular formula is C28H21F7O. The van der Waals surface area contributed by atoms with Crippen molar-refractivity contribution in [2.75, 3.05) is 0 Å². The van der Waals surface area contributed by atoms with Gasteiger partial charge in [0.25, 0.3) is 0 Å². The Morgan fingerprint density at radius 3 is 1.61 bits per heavy atom. The molecule has 0 bridgehead atoms. The summed E-state index contributed by atoms with van der Waals surface area (Å²) >= 11 is 0. The molecule has 1 nitrogen and oxygen atoms in total. The first-order chi connectivity index (χ1) is 16.5. The number of hydrogen-bond acceptors (Lipinski definition) is 1. The van der Waals surface area contributed by atoms with E-state index in [-0.39, 0.29) is 18.6 Å². The molecule has 188 valence electrons. The van der Waals surface area contributed by atoms with Gasteiger partial charge < -0.3 is 4.74 Å². The molecular weight excluding hydrogens is 485 g/mol. The molecule has 0 aromatic heterocycles. The fraction of sp³-hybridized carbons (Fsp3) is 0.143. The van der Waals surface area contributed by atoms with Crippen molar-refractivity contribution in [3.8, 4) is 28.0 Å². The van der Waals surface area contributed by atoms with Crippen LogP contribution >= 0.6 is 0 Å². The van der Waals surface area contributed by atoms with E-state index in [9.17, 15) is 30.7 Å². The van der Waals surface area contributed by atoms with E-state index < -0.39 is 52.1 Å². The Labute approximate surface area is 203 Å².